The molecule has 0 radical (unpaired) electrons. The topological polar surface area (TPSA) is 66.0 Å². The van der Waals surface area contributed by atoms with Crippen LogP contribution in [0.1, 0.15) is 35.4 Å². The molecule has 0 unspecified atom stereocenters. The maximum Gasteiger partial charge on any atom is 0.245 e. The van der Waals surface area contributed by atoms with E-state index in [4.69, 9.17) is 9.15 Å². The maximum atomic E-state index is 5.84. The number of imidazole rings is 1. The first-order valence-corrected chi connectivity index (χ1v) is 8.44. The van der Waals surface area contributed by atoms with Crippen LogP contribution < -0.4 is 0 Å². The predicted molar refractivity (Wildman–Crippen MR) is 93.4 cm³/mol. The summed E-state index contributed by atoms with van der Waals surface area (Å²) in [6, 6.07) is 8.17. The Labute approximate surface area is 146 Å². The van der Waals surface area contributed by atoms with Crippen molar-refractivity contribution in [3.63, 3.8) is 0 Å². The van der Waals surface area contributed by atoms with E-state index in [1.165, 1.54) is 5.56 Å². The third kappa shape index (κ3) is 3.53. The fourth-order valence-corrected chi connectivity index (χ4v) is 3.12. The van der Waals surface area contributed by atoms with E-state index >= 15 is 0 Å². The molecular formula is C19H20N4O2. The van der Waals surface area contributed by atoms with Gasteiger partial charge >= 0.3 is 0 Å². The average molecular weight is 336 g/mol. The number of rotatable bonds is 5. The normalized spacial score (nSPS) is 20.5. The minimum Gasteiger partial charge on any atom is -0.418 e. The van der Waals surface area contributed by atoms with Crippen molar-refractivity contribution in [2.45, 2.75) is 26.0 Å². The second-order valence-electron chi connectivity index (χ2n) is 6.27. The predicted octanol–water partition coefficient (Wildman–Crippen LogP) is 3.52. The lowest BCUT2D eigenvalue weighted by Gasteiger charge is -2.15. The van der Waals surface area contributed by atoms with Gasteiger partial charge in [0, 0.05) is 37.5 Å². The summed E-state index contributed by atoms with van der Waals surface area (Å²) in [6.07, 6.45) is 10.2. The van der Waals surface area contributed by atoms with Crippen LogP contribution in [0, 0.1) is 12.8 Å². The molecule has 128 valence electrons. The third-order valence-corrected chi connectivity index (χ3v) is 4.51. The van der Waals surface area contributed by atoms with Crippen molar-refractivity contribution in [2.24, 2.45) is 5.92 Å². The van der Waals surface area contributed by atoms with E-state index in [0.717, 1.165) is 18.5 Å². The molecule has 3 heterocycles. The van der Waals surface area contributed by atoms with Gasteiger partial charge in [0.1, 0.15) is 6.10 Å². The van der Waals surface area contributed by atoms with Gasteiger partial charge < -0.3 is 13.7 Å². The van der Waals surface area contributed by atoms with Gasteiger partial charge in [0.15, 0.2) is 0 Å². The van der Waals surface area contributed by atoms with Gasteiger partial charge in [-0.3, -0.25) is 0 Å². The van der Waals surface area contributed by atoms with Crippen LogP contribution in [0.3, 0.4) is 0 Å². The van der Waals surface area contributed by atoms with Crippen LogP contribution in [-0.2, 0) is 11.3 Å². The van der Waals surface area contributed by atoms with Crippen molar-refractivity contribution in [1.82, 2.24) is 19.7 Å². The highest BCUT2D eigenvalue weighted by molar-refractivity contribution is 5.67. The SMILES string of the molecule is Cc1ccccc1/C=C/c1nnc([C@H]2OCC[C@H]2Cn2ccnc2)o1. The Bertz CT molecular complexity index is 854. The first kappa shape index (κ1) is 15.8. The van der Waals surface area contributed by atoms with Gasteiger partial charge in [-0.05, 0) is 30.5 Å². The summed E-state index contributed by atoms with van der Waals surface area (Å²) in [5, 5.41) is 8.33. The molecule has 1 fully saturated rings. The highest BCUT2D eigenvalue weighted by atomic mass is 16.5. The van der Waals surface area contributed by atoms with Gasteiger partial charge in [-0.15, -0.1) is 10.2 Å². The second-order valence-corrected chi connectivity index (χ2v) is 6.27. The van der Waals surface area contributed by atoms with Crippen LogP contribution in [0.4, 0.5) is 0 Å². The molecule has 0 spiro atoms. The number of hydrogen-bond donors (Lipinski definition) is 0. The number of nitrogens with zero attached hydrogens (tertiary/aromatic N) is 4. The summed E-state index contributed by atoms with van der Waals surface area (Å²) >= 11 is 0. The standard InChI is InChI=1S/C19H20N4O2/c1-14-4-2-3-5-15(14)6-7-17-21-22-19(25-17)18-16(8-11-24-18)12-23-10-9-20-13-23/h2-7,9-10,13,16,18H,8,11-12H2,1H3/b7-6+/t16-,18-/m0/s1. The molecule has 4 rings (SSSR count). The molecule has 1 saturated heterocycles. The van der Waals surface area contributed by atoms with Gasteiger partial charge in [-0.1, -0.05) is 24.3 Å². The number of benzene rings is 1. The fourth-order valence-electron chi connectivity index (χ4n) is 3.12. The summed E-state index contributed by atoms with van der Waals surface area (Å²) < 4.78 is 13.7. The Morgan fingerprint density at radius 3 is 3.00 bits per heavy atom. The van der Waals surface area contributed by atoms with Crippen molar-refractivity contribution >= 4 is 12.2 Å². The fraction of sp³-hybridized carbons (Fsp3) is 0.316. The highest BCUT2D eigenvalue weighted by Gasteiger charge is 2.34. The van der Waals surface area contributed by atoms with Gasteiger partial charge in [-0.25, -0.2) is 4.98 Å². The second kappa shape index (κ2) is 7.03. The molecule has 1 aromatic carbocycles. The van der Waals surface area contributed by atoms with E-state index in [9.17, 15) is 0 Å². The zero-order chi connectivity index (χ0) is 17.1. The van der Waals surface area contributed by atoms with E-state index in [2.05, 4.69) is 38.8 Å². The molecular weight excluding hydrogens is 316 g/mol. The first-order chi connectivity index (χ1) is 12.3. The van der Waals surface area contributed by atoms with Gasteiger partial charge in [0.2, 0.25) is 11.8 Å². The lowest BCUT2D eigenvalue weighted by atomic mass is 10.0. The molecule has 3 aromatic rings. The van der Waals surface area contributed by atoms with Crippen molar-refractivity contribution in [3.05, 3.63) is 65.9 Å². The lowest BCUT2D eigenvalue weighted by molar-refractivity contribution is 0.0635. The maximum absolute atomic E-state index is 5.84. The first-order valence-electron chi connectivity index (χ1n) is 8.44. The van der Waals surface area contributed by atoms with Crippen LogP contribution in [0.25, 0.3) is 12.2 Å². The number of ether oxygens (including phenoxy) is 1. The Balaban J connectivity index is 1.48. The average Bonchev–Trinajstić information content (AvgIpc) is 3.36. The van der Waals surface area contributed by atoms with Gasteiger partial charge in [0.25, 0.3) is 0 Å². The molecule has 1 aliphatic rings. The van der Waals surface area contributed by atoms with Crippen molar-refractivity contribution in [2.75, 3.05) is 6.61 Å². The Morgan fingerprint density at radius 1 is 1.24 bits per heavy atom. The van der Waals surface area contributed by atoms with Crippen LogP contribution in [0.5, 0.6) is 0 Å². The minimum atomic E-state index is -0.157. The van der Waals surface area contributed by atoms with Gasteiger partial charge in [0.05, 0.1) is 6.33 Å². The minimum absolute atomic E-state index is 0.157. The Hall–Kier alpha value is -2.73. The van der Waals surface area contributed by atoms with Crippen molar-refractivity contribution in [1.29, 1.82) is 0 Å². The molecule has 1 aliphatic heterocycles. The Morgan fingerprint density at radius 2 is 2.16 bits per heavy atom. The molecule has 0 saturated carbocycles. The highest BCUT2D eigenvalue weighted by Crippen LogP contribution is 2.35. The summed E-state index contributed by atoms with van der Waals surface area (Å²) in [7, 11) is 0. The molecule has 25 heavy (non-hydrogen) atoms. The molecule has 0 aliphatic carbocycles. The molecule has 2 atom stereocenters. The molecule has 0 bridgehead atoms. The third-order valence-electron chi connectivity index (χ3n) is 4.51. The van der Waals surface area contributed by atoms with E-state index < -0.39 is 0 Å². The number of aryl methyl sites for hydroxylation is 1. The monoisotopic (exact) mass is 336 g/mol. The largest absolute Gasteiger partial charge is 0.418 e. The van der Waals surface area contributed by atoms with Gasteiger partial charge in [-0.2, -0.15) is 0 Å². The summed E-state index contributed by atoms with van der Waals surface area (Å²) in [5.74, 6) is 1.35. The smallest absolute Gasteiger partial charge is 0.245 e. The summed E-state index contributed by atoms with van der Waals surface area (Å²) in [4.78, 5) is 4.09. The zero-order valence-electron chi connectivity index (χ0n) is 14.1. The molecule has 0 amide bonds. The van der Waals surface area contributed by atoms with E-state index in [-0.39, 0.29) is 6.10 Å². The molecule has 0 N–H and O–H groups in total. The van der Waals surface area contributed by atoms with Crippen molar-refractivity contribution in [3.8, 4) is 0 Å². The van der Waals surface area contributed by atoms with E-state index in [0.29, 0.717) is 24.3 Å². The van der Waals surface area contributed by atoms with Crippen LogP contribution in [0.15, 0.2) is 47.4 Å². The zero-order valence-corrected chi connectivity index (χ0v) is 14.1. The Kier molecular flexibility index (Phi) is 4.43. The number of hydrogen-bond acceptors (Lipinski definition) is 5. The van der Waals surface area contributed by atoms with Crippen LogP contribution in [-0.4, -0.2) is 26.4 Å². The summed E-state index contributed by atoms with van der Waals surface area (Å²) in [5.41, 5.74) is 2.34. The molecule has 6 nitrogen and oxygen atoms in total. The van der Waals surface area contributed by atoms with E-state index in [1.54, 1.807) is 6.20 Å². The van der Waals surface area contributed by atoms with Crippen LogP contribution >= 0.6 is 0 Å². The lowest BCUT2D eigenvalue weighted by Crippen LogP contribution is -2.14. The van der Waals surface area contributed by atoms with Crippen LogP contribution in [0.2, 0.25) is 0 Å². The summed E-state index contributed by atoms with van der Waals surface area (Å²) in [6.45, 7) is 3.62. The van der Waals surface area contributed by atoms with E-state index in [1.807, 2.05) is 36.8 Å². The molecule has 6 heteroatoms. The van der Waals surface area contributed by atoms with Crippen molar-refractivity contribution < 1.29 is 9.15 Å². The quantitative estimate of drug-likeness (QED) is 0.713. The number of aromatic nitrogens is 4. The molecule has 2 aromatic heterocycles.